The third-order valence-corrected chi connectivity index (χ3v) is 4.39. The Balaban J connectivity index is 1.52. The maximum Gasteiger partial charge on any atom is 0.320 e. The van der Waals surface area contributed by atoms with E-state index in [1.54, 1.807) is 6.07 Å². The Labute approximate surface area is 145 Å². The van der Waals surface area contributed by atoms with Gasteiger partial charge in [-0.2, -0.15) is 5.10 Å². The van der Waals surface area contributed by atoms with E-state index in [0.717, 1.165) is 34.4 Å². The number of pyridine rings is 1. The first kappa shape index (κ1) is 15.4. The van der Waals surface area contributed by atoms with Crippen molar-refractivity contribution in [1.82, 2.24) is 20.5 Å². The predicted molar refractivity (Wildman–Crippen MR) is 97.7 cm³/mol. The van der Waals surface area contributed by atoms with Crippen molar-refractivity contribution < 1.29 is 4.79 Å². The van der Waals surface area contributed by atoms with Crippen LogP contribution in [-0.2, 0) is 6.42 Å². The van der Waals surface area contributed by atoms with Crippen LogP contribution in [0.3, 0.4) is 0 Å². The highest BCUT2D eigenvalue weighted by molar-refractivity contribution is 5.96. The minimum absolute atomic E-state index is 0.0914. The van der Waals surface area contributed by atoms with E-state index in [1.807, 2.05) is 37.3 Å². The molecule has 2 aromatic heterocycles. The SMILES string of the molecule is C[C@H]1Cc2nc(NC(=O)N[C@H](C)c3ccccc3)cc3[nH]nc(c23)N1. The van der Waals surface area contributed by atoms with Gasteiger partial charge in [-0.25, -0.2) is 9.78 Å². The third-order valence-electron chi connectivity index (χ3n) is 4.39. The summed E-state index contributed by atoms with van der Waals surface area (Å²) in [7, 11) is 0. The van der Waals surface area contributed by atoms with Crippen LogP contribution in [0.25, 0.3) is 10.9 Å². The zero-order valence-corrected chi connectivity index (χ0v) is 14.1. The highest BCUT2D eigenvalue weighted by atomic mass is 16.2. The summed E-state index contributed by atoms with van der Waals surface area (Å²) < 4.78 is 0. The molecule has 2 amide bonds. The summed E-state index contributed by atoms with van der Waals surface area (Å²) in [5.74, 6) is 1.34. The molecule has 7 nitrogen and oxygen atoms in total. The summed E-state index contributed by atoms with van der Waals surface area (Å²) in [6, 6.07) is 11.5. The molecule has 25 heavy (non-hydrogen) atoms. The molecule has 0 aliphatic carbocycles. The smallest absolute Gasteiger partial charge is 0.320 e. The summed E-state index contributed by atoms with van der Waals surface area (Å²) in [5.41, 5.74) is 2.86. The molecular weight excluding hydrogens is 316 g/mol. The fourth-order valence-corrected chi connectivity index (χ4v) is 3.19. The number of urea groups is 1. The Morgan fingerprint density at radius 3 is 2.92 bits per heavy atom. The standard InChI is InChI=1S/C18H20N6O/c1-10-8-13-16-14(23-24-17(16)19-10)9-15(21-13)22-18(25)20-11(2)12-6-4-3-5-7-12/h3-7,9-11H,8H2,1-2H3,(H2,19,23,24)(H2,20,21,22,25)/t10-,11+/m0/s1. The Morgan fingerprint density at radius 2 is 2.12 bits per heavy atom. The average Bonchev–Trinajstić information content (AvgIpc) is 2.99. The second kappa shape index (κ2) is 6.08. The number of nitrogens with zero attached hydrogens (tertiary/aromatic N) is 2. The summed E-state index contributed by atoms with van der Waals surface area (Å²) in [6.45, 7) is 4.03. The molecule has 0 fully saturated rings. The molecule has 0 unspecified atom stereocenters. The van der Waals surface area contributed by atoms with Crippen LogP contribution in [0.2, 0.25) is 0 Å². The molecule has 0 bridgehead atoms. The molecule has 1 aromatic carbocycles. The summed E-state index contributed by atoms with van der Waals surface area (Å²) >= 11 is 0. The monoisotopic (exact) mass is 336 g/mol. The van der Waals surface area contributed by atoms with E-state index >= 15 is 0 Å². The topological polar surface area (TPSA) is 94.7 Å². The van der Waals surface area contributed by atoms with E-state index in [4.69, 9.17) is 0 Å². The molecule has 3 aromatic rings. The number of carbonyl (C=O) groups excluding carboxylic acids is 1. The number of benzene rings is 1. The van der Waals surface area contributed by atoms with Crippen LogP contribution >= 0.6 is 0 Å². The van der Waals surface area contributed by atoms with Gasteiger partial charge in [0.15, 0.2) is 5.82 Å². The number of hydrogen-bond donors (Lipinski definition) is 4. The van der Waals surface area contributed by atoms with E-state index in [2.05, 4.69) is 38.1 Å². The van der Waals surface area contributed by atoms with Crippen LogP contribution in [0.4, 0.5) is 16.4 Å². The van der Waals surface area contributed by atoms with Crippen molar-refractivity contribution in [2.75, 3.05) is 10.6 Å². The first-order valence-corrected chi connectivity index (χ1v) is 8.37. The summed E-state index contributed by atoms with van der Waals surface area (Å²) in [4.78, 5) is 16.9. The van der Waals surface area contributed by atoms with Crippen molar-refractivity contribution in [2.24, 2.45) is 0 Å². The van der Waals surface area contributed by atoms with Gasteiger partial charge in [0.05, 0.1) is 22.6 Å². The fourth-order valence-electron chi connectivity index (χ4n) is 3.19. The maximum absolute atomic E-state index is 12.3. The van der Waals surface area contributed by atoms with Crippen molar-refractivity contribution in [3.05, 3.63) is 47.7 Å². The Kier molecular flexibility index (Phi) is 3.76. The molecule has 128 valence electrons. The normalized spacial score (nSPS) is 17.0. The number of carbonyl (C=O) groups is 1. The molecule has 1 aliphatic rings. The lowest BCUT2D eigenvalue weighted by Gasteiger charge is -2.20. The third kappa shape index (κ3) is 3.00. The summed E-state index contributed by atoms with van der Waals surface area (Å²) in [5, 5.41) is 17.4. The Morgan fingerprint density at radius 1 is 1.32 bits per heavy atom. The van der Waals surface area contributed by atoms with Crippen LogP contribution in [0.15, 0.2) is 36.4 Å². The van der Waals surface area contributed by atoms with Gasteiger partial charge in [0, 0.05) is 18.5 Å². The van der Waals surface area contributed by atoms with Crippen LogP contribution < -0.4 is 16.0 Å². The van der Waals surface area contributed by atoms with Gasteiger partial charge in [-0.05, 0) is 19.4 Å². The zero-order chi connectivity index (χ0) is 17.4. The first-order chi connectivity index (χ1) is 12.1. The Hall–Kier alpha value is -3.09. The molecule has 0 saturated heterocycles. The predicted octanol–water partition coefficient (Wildman–Crippen LogP) is 3.20. The van der Waals surface area contributed by atoms with Crippen molar-refractivity contribution >= 4 is 28.6 Å². The molecule has 0 spiro atoms. The molecule has 2 atom stereocenters. The molecule has 4 rings (SSSR count). The van der Waals surface area contributed by atoms with E-state index in [1.165, 1.54) is 0 Å². The second-order valence-electron chi connectivity index (χ2n) is 6.43. The Bertz CT molecular complexity index is 920. The second-order valence-corrected chi connectivity index (χ2v) is 6.43. The number of nitrogens with one attached hydrogen (secondary N) is 4. The maximum atomic E-state index is 12.3. The minimum atomic E-state index is -0.280. The number of rotatable bonds is 3. The number of H-pyrrole nitrogens is 1. The van der Waals surface area contributed by atoms with Crippen LogP contribution in [0.5, 0.6) is 0 Å². The molecule has 0 radical (unpaired) electrons. The van der Waals surface area contributed by atoms with E-state index in [9.17, 15) is 4.79 Å². The van der Waals surface area contributed by atoms with Gasteiger partial charge in [-0.3, -0.25) is 10.4 Å². The fraction of sp³-hybridized carbons (Fsp3) is 0.278. The van der Waals surface area contributed by atoms with Gasteiger partial charge in [0.2, 0.25) is 0 Å². The van der Waals surface area contributed by atoms with Crippen LogP contribution in [0.1, 0.15) is 31.1 Å². The summed E-state index contributed by atoms with van der Waals surface area (Å²) in [6.07, 6.45) is 0.792. The average molecular weight is 336 g/mol. The number of hydrogen-bond acceptors (Lipinski definition) is 4. The number of aromatic nitrogens is 3. The van der Waals surface area contributed by atoms with Gasteiger partial charge < -0.3 is 10.6 Å². The van der Waals surface area contributed by atoms with Crippen molar-refractivity contribution in [2.45, 2.75) is 32.4 Å². The van der Waals surface area contributed by atoms with E-state index in [0.29, 0.717) is 5.82 Å². The highest BCUT2D eigenvalue weighted by Gasteiger charge is 2.22. The molecular formula is C18H20N6O. The lowest BCUT2D eigenvalue weighted by Crippen LogP contribution is -2.31. The lowest BCUT2D eigenvalue weighted by atomic mass is 10.0. The molecule has 4 N–H and O–H groups in total. The number of aromatic amines is 1. The van der Waals surface area contributed by atoms with Crippen molar-refractivity contribution in [1.29, 1.82) is 0 Å². The van der Waals surface area contributed by atoms with Gasteiger partial charge in [0.1, 0.15) is 5.82 Å². The largest absolute Gasteiger partial charge is 0.365 e. The molecule has 7 heteroatoms. The molecule has 1 aliphatic heterocycles. The lowest BCUT2D eigenvalue weighted by molar-refractivity contribution is 0.249. The number of amides is 2. The van der Waals surface area contributed by atoms with E-state index < -0.39 is 0 Å². The highest BCUT2D eigenvalue weighted by Crippen LogP contribution is 2.30. The van der Waals surface area contributed by atoms with Gasteiger partial charge in [-0.15, -0.1) is 0 Å². The number of anilines is 2. The molecule has 0 saturated carbocycles. The van der Waals surface area contributed by atoms with Gasteiger partial charge in [0.25, 0.3) is 0 Å². The van der Waals surface area contributed by atoms with Crippen molar-refractivity contribution in [3.8, 4) is 0 Å². The van der Waals surface area contributed by atoms with Gasteiger partial charge >= 0.3 is 6.03 Å². The van der Waals surface area contributed by atoms with E-state index in [-0.39, 0.29) is 18.1 Å². The van der Waals surface area contributed by atoms with Gasteiger partial charge in [-0.1, -0.05) is 30.3 Å². The quantitative estimate of drug-likeness (QED) is 0.591. The van der Waals surface area contributed by atoms with Crippen molar-refractivity contribution in [3.63, 3.8) is 0 Å². The minimum Gasteiger partial charge on any atom is -0.365 e. The molecule has 3 heterocycles. The van der Waals surface area contributed by atoms with Crippen LogP contribution in [0, 0.1) is 0 Å². The first-order valence-electron chi connectivity index (χ1n) is 8.37. The van der Waals surface area contributed by atoms with Crippen LogP contribution in [-0.4, -0.2) is 27.3 Å². The zero-order valence-electron chi connectivity index (χ0n) is 14.1.